The van der Waals surface area contributed by atoms with E-state index in [1.165, 1.54) is 11.0 Å². The minimum Gasteiger partial charge on any atom is -0.274 e. The van der Waals surface area contributed by atoms with Crippen LogP contribution in [0.4, 0.5) is 5.69 Å². The normalized spacial score (nSPS) is 19.5. The van der Waals surface area contributed by atoms with Crippen molar-refractivity contribution in [1.82, 2.24) is 0 Å². The lowest BCUT2D eigenvalue weighted by atomic mass is 10.2. The first-order valence-electron chi connectivity index (χ1n) is 5.38. The van der Waals surface area contributed by atoms with Gasteiger partial charge in [-0.15, -0.1) is 11.8 Å². The molecule has 0 spiro atoms. The molecule has 0 N–H and O–H groups in total. The molecule has 4 heteroatoms. The molecule has 88 valence electrons. The third kappa shape index (κ3) is 2.26. The molecule has 2 amide bonds. The molecule has 17 heavy (non-hydrogen) atoms. The van der Waals surface area contributed by atoms with Crippen LogP contribution in [0.2, 0.25) is 0 Å². The maximum absolute atomic E-state index is 12.0. The van der Waals surface area contributed by atoms with Crippen molar-refractivity contribution in [3.63, 3.8) is 0 Å². The van der Waals surface area contributed by atoms with E-state index in [0.717, 1.165) is 4.90 Å². The van der Waals surface area contributed by atoms with Crippen molar-refractivity contribution in [3.8, 4) is 0 Å². The van der Waals surface area contributed by atoms with Crippen molar-refractivity contribution in [3.05, 3.63) is 36.9 Å². The standard InChI is InChI=1S/C13H13NO2S/c1-3-12(15)14-10-6-4-5-7-11(10)17-9(2)8-13(14)16/h3-7,9H,1,8H2,2H3. The number of hydrogen-bond donors (Lipinski definition) is 0. The van der Waals surface area contributed by atoms with Crippen molar-refractivity contribution in [1.29, 1.82) is 0 Å². The van der Waals surface area contributed by atoms with E-state index in [9.17, 15) is 9.59 Å². The van der Waals surface area contributed by atoms with E-state index in [0.29, 0.717) is 12.1 Å². The number of para-hydroxylation sites is 1. The van der Waals surface area contributed by atoms with Gasteiger partial charge >= 0.3 is 0 Å². The van der Waals surface area contributed by atoms with Crippen molar-refractivity contribution in [2.45, 2.75) is 23.5 Å². The topological polar surface area (TPSA) is 37.4 Å². The van der Waals surface area contributed by atoms with Gasteiger partial charge in [0.05, 0.1) is 5.69 Å². The summed E-state index contributed by atoms with van der Waals surface area (Å²) in [5, 5.41) is 0.172. The maximum Gasteiger partial charge on any atom is 0.257 e. The molecule has 3 nitrogen and oxygen atoms in total. The fraction of sp³-hybridized carbons (Fsp3) is 0.231. The lowest BCUT2D eigenvalue weighted by Gasteiger charge is -2.18. The molecule has 1 aromatic carbocycles. The van der Waals surface area contributed by atoms with Gasteiger partial charge in [-0.05, 0) is 18.2 Å². The number of thioether (sulfide) groups is 1. The van der Waals surface area contributed by atoms with Gasteiger partial charge < -0.3 is 0 Å². The molecule has 1 aliphatic heterocycles. The second-order valence-electron chi connectivity index (χ2n) is 3.87. The highest BCUT2D eigenvalue weighted by molar-refractivity contribution is 8.00. The Labute approximate surface area is 104 Å². The van der Waals surface area contributed by atoms with Crippen LogP contribution in [0.5, 0.6) is 0 Å². The van der Waals surface area contributed by atoms with Gasteiger partial charge in [0.2, 0.25) is 5.91 Å². The average molecular weight is 247 g/mol. The highest BCUT2D eigenvalue weighted by atomic mass is 32.2. The Bertz CT molecular complexity index is 484. The van der Waals surface area contributed by atoms with Crippen molar-refractivity contribution in [2.75, 3.05) is 4.90 Å². The first-order chi connectivity index (χ1) is 8.13. The highest BCUT2D eigenvalue weighted by Crippen LogP contribution is 2.37. The van der Waals surface area contributed by atoms with Gasteiger partial charge in [-0.2, -0.15) is 0 Å². The molecule has 0 saturated carbocycles. The summed E-state index contributed by atoms with van der Waals surface area (Å²) in [4.78, 5) is 26.0. The van der Waals surface area contributed by atoms with E-state index in [1.54, 1.807) is 17.8 Å². The van der Waals surface area contributed by atoms with E-state index in [-0.39, 0.29) is 17.1 Å². The van der Waals surface area contributed by atoms with Crippen molar-refractivity contribution >= 4 is 29.3 Å². The zero-order valence-electron chi connectivity index (χ0n) is 9.55. The molecule has 0 aromatic heterocycles. The molecule has 0 radical (unpaired) electrons. The largest absolute Gasteiger partial charge is 0.274 e. The number of benzene rings is 1. The number of anilines is 1. The molecule has 2 rings (SSSR count). The van der Waals surface area contributed by atoms with E-state index in [4.69, 9.17) is 0 Å². The van der Waals surface area contributed by atoms with Crippen LogP contribution in [0.1, 0.15) is 13.3 Å². The fourth-order valence-electron chi connectivity index (χ4n) is 1.80. The average Bonchev–Trinajstić information content (AvgIpc) is 2.42. The minimum atomic E-state index is -0.364. The van der Waals surface area contributed by atoms with Crippen LogP contribution in [-0.2, 0) is 9.59 Å². The number of nitrogens with zero attached hydrogens (tertiary/aromatic N) is 1. The number of imide groups is 1. The molecule has 1 unspecified atom stereocenters. The van der Waals surface area contributed by atoms with E-state index < -0.39 is 0 Å². The number of amides is 2. The fourth-order valence-corrected chi connectivity index (χ4v) is 2.90. The summed E-state index contributed by atoms with van der Waals surface area (Å²) in [6.07, 6.45) is 1.54. The molecule has 0 bridgehead atoms. The molecule has 1 heterocycles. The van der Waals surface area contributed by atoms with Gasteiger partial charge in [-0.1, -0.05) is 25.6 Å². The monoisotopic (exact) mass is 247 g/mol. The summed E-state index contributed by atoms with van der Waals surface area (Å²) in [6.45, 7) is 5.43. The summed E-state index contributed by atoms with van der Waals surface area (Å²) in [5.74, 6) is -0.531. The third-order valence-corrected chi connectivity index (χ3v) is 3.71. The molecule has 1 aromatic rings. The SMILES string of the molecule is C=CC(=O)N1C(=O)CC(C)Sc2ccccc21. The van der Waals surface area contributed by atoms with Crippen molar-refractivity contribution < 1.29 is 9.59 Å². The predicted molar refractivity (Wildman–Crippen MR) is 69.1 cm³/mol. The molecule has 0 saturated heterocycles. The Morgan fingerprint density at radius 2 is 2.24 bits per heavy atom. The number of rotatable bonds is 1. The zero-order valence-corrected chi connectivity index (χ0v) is 10.4. The van der Waals surface area contributed by atoms with Gasteiger partial charge in [0.1, 0.15) is 0 Å². The van der Waals surface area contributed by atoms with Crippen LogP contribution in [0.25, 0.3) is 0 Å². The number of fused-ring (bicyclic) bond motifs is 1. The summed E-state index contributed by atoms with van der Waals surface area (Å²) >= 11 is 1.62. The van der Waals surface area contributed by atoms with Crippen LogP contribution in [-0.4, -0.2) is 17.1 Å². The zero-order chi connectivity index (χ0) is 12.4. The Balaban J connectivity index is 2.53. The summed E-state index contributed by atoms with van der Waals surface area (Å²) in [6, 6.07) is 7.45. The Morgan fingerprint density at radius 1 is 1.53 bits per heavy atom. The van der Waals surface area contributed by atoms with E-state index in [1.807, 2.05) is 25.1 Å². The predicted octanol–water partition coefficient (Wildman–Crippen LogP) is 2.62. The lowest BCUT2D eigenvalue weighted by molar-refractivity contribution is -0.124. The molecule has 0 aliphatic carbocycles. The van der Waals surface area contributed by atoms with Crippen LogP contribution in [0.15, 0.2) is 41.8 Å². The molecular formula is C13H13NO2S. The highest BCUT2D eigenvalue weighted by Gasteiger charge is 2.29. The van der Waals surface area contributed by atoms with Gasteiger partial charge in [0.25, 0.3) is 5.91 Å². The first-order valence-corrected chi connectivity index (χ1v) is 6.26. The van der Waals surface area contributed by atoms with E-state index in [2.05, 4.69) is 6.58 Å². The minimum absolute atomic E-state index is 0.167. The number of carbonyl (C=O) groups is 2. The summed E-state index contributed by atoms with van der Waals surface area (Å²) in [7, 11) is 0. The second kappa shape index (κ2) is 4.75. The van der Waals surface area contributed by atoms with Crippen molar-refractivity contribution in [2.24, 2.45) is 0 Å². The molecule has 0 fully saturated rings. The first kappa shape index (κ1) is 11.9. The maximum atomic E-state index is 12.0. The van der Waals surface area contributed by atoms with E-state index >= 15 is 0 Å². The van der Waals surface area contributed by atoms with Gasteiger partial charge in [0.15, 0.2) is 0 Å². The Morgan fingerprint density at radius 3 is 2.94 bits per heavy atom. The Hall–Kier alpha value is -1.55. The van der Waals surface area contributed by atoms with Crippen LogP contribution < -0.4 is 4.90 Å². The summed E-state index contributed by atoms with van der Waals surface area (Å²) < 4.78 is 0. The number of carbonyl (C=O) groups excluding carboxylic acids is 2. The van der Waals surface area contributed by atoms with Crippen LogP contribution in [0, 0.1) is 0 Å². The molecular weight excluding hydrogens is 234 g/mol. The quantitative estimate of drug-likeness (QED) is 0.716. The smallest absolute Gasteiger partial charge is 0.257 e. The second-order valence-corrected chi connectivity index (χ2v) is 5.35. The molecule has 1 aliphatic rings. The van der Waals surface area contributed by atoms with Gasteiger partial charge in [-0.25, -0.2) is 4.90 Å². The van der Waals surface area contributed by atoms with Crippen LogP contribution >= 0.6 is 11.8 Å². The lowest BCUT2D eigenvalue weighted by Crippen LogP contribution is -2.35. The summed E-state index contributed by atoms with van der Waals surface area (Å²) in [5.41, 5.74) is 0.664. The third-order valence-electron chi connectivity index (χ3n) is 2.54. The number of hydrogen-bond acceptors (Lipinski definition) is 3. The molecule has 1 atom stereocenters. The van der Waals surface area contributed by atoms with Gasteiger partial charge in [0, 0.05) is 16.6 Å². The Kier molecular flexibility index (Phi) is 3.33. The van der Waals surface area contributed by atoms with Gasteiger partial charge in [-0.3, -0.25) is 9.59 Å². The van der Waals surface area contributed by atoms with Crippen LogP contribution in [0.3, 0.4) is 0 Å².